The molecule has 20 heavy (non-hydrogen) atoms. The van der Waals surface area contributed by atoms with Crippen LogP contribution in [-0.2, 0) is 0 Å². The van der Waals surface area contributed by atoms with E-state index in [9.17, 15) is 0 Å². The minimum absolute atomic E-state index is 0.325. The Balaban J connectivity index is 1.79. The molecule has 3 atom stereocenters. The lowest BCUT2D eigenvalue weighted by atomic mass is 9.70. The molecule has 3 aliphatic rings. The van der Waals surface area contributed by atoms with E-state index in [4.69, 9.17) is 5.73 Å². The number of nitrogens with zero attached hydrogens (tertiary/aromatic N) is 2. The Morgan fingerprint density at radius 3 is 2.70 bits per heavy atom. The van der Waals surface area contributed by atoms with E-state index in [-0.39, 0.29) is 0 Å². The van der Waals surface area contributed by atoms with Crippen molar-refractivity contribution in [2.24, 2.45) is 11.7 Å². The second-order valence-corrected chi connectivity index (χ2v) is 7.29. The second-order valence-electron chi connectivity index (χ2n) is 7.29. The fourth-order valence-corrected chi connectivity index (χ4v) is 5.30. The third-order valence-electron chi connectivity index (χ3n) is 6.45. The van der Waals surface area contributed by atoms with Gasteiger partial charge in [0.2, 0.25) is 0 Å². The van der Waals surface area contributed by atoms with Crippen molar-refractivity contribution >= 4 is 0 Å². The van der Waals surface area contributed by atoms with E-state index < -0.39 is 0 Å². The molecular formula is C17H33N3. The van der Waals surface area contributed by atoms with E-state index in [1.54, 1.807) is 0 Å². The fourth-order valence-electron chi connectivity index (χ4n) is 5.30. The van der Waals surface area contributed by atoms with Crippen molar-refractivity contribution in [3.63, 3.8) is 0 Å². The zero-order chi connectivity index (χ0) is 14.0. The maximum atomic E-state index is 6.37. The molecule has 2 heterocycles. The lowest BCUT2D eigenvalue weighted by molar-refractivity contribution is 0.000194. The highest BCUT2D eigenvalue weighted by molar-refractivity contribution is 5.02. The summed E-state index contributed by atoms with van der Waals surface area (Å²) in [5.41, 5.74) is 6.69. The SMILES string of the molecule is CCC1CCCCC1(CN)N1CCCN2CCCC2C1. The quantitative estimate of drug-likeness (QED) is 0.861. The van der Waals surface area contributed by atoms with Gasteiger partial charge in [0.1, 0.15) is 0 Å². The molecule has 0 bridgehead atoms. The van der Waals surface area contributed by atoms with Crippen LogP contribution in [0.3, 0.4) is 0 Å². The summed E-state index contributed by atoms with van der Waals surface area (Å²) < 4.78 is 0. The van der Waals surface area contributed by atoms with Gasteiger partial charge in [-0.25, -0.2) is 0 Å². The van der Waals surface area contributed by atoms with Crippen LogP contribution in [0.1, 0.15) is 58.3 Å². The molecule has 3 heteroatoms. The number of rotatable bonds is 3. The van der Waals surface area contributed by atoms with Crippen molar-refractivity contribution < 1.29 is 0 Å². The highest BCUT2D eigenvalue weighted by Gasteiger charge is 2.45. The van der Waals surface area contributed by atoms with Crippen LogP contribution in [0.5, 0.6) is 0 Å². The zero-order valence-corrected chi connectivity index (χ0v) is 13.3. The van der Waals surface area contributed by atoms with Crippen LogP contribution >= 0.6 is 0 Å². The van der Waals surface area contributed by atoms with Gasteiger partial charge < -0.3 is 5.73 Å². The summed E-state index contributed by atoms with van der Waals surface area (Å²) in [4.78, 5) is 5.59. The predicted octanol–water partition coefficient (Wildman–Crippen LogP) is 2.45. The molecule has 3 fully saturated rings. The van der Waals surface area contributed by atoms with Gasteiger partial charge in [0.05, 0.1) is 0 Å². The molecule has 3 rings (SSSR count). The van der Waals surface area contributed by atoms with Crippen LogP contribution in [0.25, 0.3) is 0 Å². The second kappa shape index (κ2) is 6.33. The molecule has 2 N–H and O–H groups in total. The minimum Gasteiger partial charge on any atom is -0.329 e. The summed E-state index contributed by atoms with van der Waals surface area (Å²) in [7, 11) is 0. The molecule has 0 aromatic carbocycles. The van der Waals surface area contributed by atoms with Crippen LogP contribution in [-0.4, -0.2) is 54.1 Å². The highest BCUT2D eigenvalue weighted by Crippen LogP contribution is 2.41. The summed E-state index contributed by atoms with van der Waals surface area (Å²) in [6, 6.07) is 0.820. The summed E-state index contributed by atoms with van der Waals surface area (Å²) in [6.45, 7) is 8.47. The van der Waals surface area contributed by atoms with Crippen LogP contribution in [0, 0.1) is 5.92 Å². The number of nitrogens with two attached hydrogens (primary N) is 1. The number of fused-ring (bicyclic) bond motifs is 1. The maximum absolute atomic E-state index is 6.37. The first-order valence-corrected chi connectivity index (χ1v) is 8.99. The van der Waals surface area contributed by atoms with E-state index in [1.807, 2.05) is 0 Å². The summed E-state index contributed by atoms with van der Waals surface area (Å²) in [5.74, 6) is 0.828. The van der Waals surface area contributed by atoms with Crippen LogP contribution in [0.15, 0.2) is 0 Å². The van der Waals surface area contributed by atoms with Crippen molar-refractivity contribution in [2.45, 2.75) is 69.9 Å². The molecule has 0 aromatic heterocycles. The summed E-state index contributed by atoms with van der Waals surface area (Å²) >= 11 is 0. The molecule has 2 saturated heterocycles. The smallest absolute Gasteiger partial charge is 0.0360 e. The van der Waals surface area contributed by atoms with Gasteiger partial charge in [-0.1, -0.05) is 26.2 Å². The summed E-state index contributed by atoms with van der Waals surface area (Å²) in [5, 5.41) is 0. The zero-order valence-electron chi connectivity index (χ0n) is 13.3. The molecule has 3 nitrogen and oxygen atoms in total. The van der Waals surface area contributed by atoms with Crippen LogP contribution in [0.2, 0.25) is 0 Å². The van der Waals surface area contributed by atoms with Crippen molar-refractivity contribution in [1.82, 2.24) is 9.80 Å². The highest BCUT2D eigenvalue weighted by atomic mass is 15.3. The lowest BCUT2D eigenvalue weighted by Crippen LogP contribution is -2.61. The van der Waals surface area contributed by atoms with E-state index in [0.717, 1.165) is 18.5 Å². The van der Waals surface area contributed by atoms with Crippen molar-refractivity contribution in [1.29, 1.82) is 0 Å². The monoisotopic (exact) mass is 279 g/mol. The van der Waals surface area contributed by atoms with E-state index in [1.165, 1.54) is 77.5 Å². The molecule has 1 aliphatic carbocycles. The molecule has 0 spiro atoms. The molecule has 116 valence electrons. The van der Waals surface area contributed by atoms with Crippen LogP contribution in [0.4, 0.5) is 0 Å². The van der Waals surface area contributed by atoms with E-state index in [0.29, 0.717) is 5.54 Å². The molecule has 0 amide bonds. The summed E-state index contributed by atoms with van der Waals surface area (Å²) in [6.07, 6.45) is 11.0. The Morgan fingerprint density at radius 2 is 1.90 bits per heavy atom. The Morgan fingerprint density at radius 1 is 1.05 bits per heavy atom. The first-order chi connectivity index (χ1) is 9.80. The molecular weight excluding hydrogens is 246 g/mol. The van der Waals surface area contributed by atoms with Crippen molar-refractivity contribution in [2.75, 3.05) is 32.7 Å². The van der Waals surface area contributed by atoms with Gasteiger partial charge in [-0.05, 0) is 51.1 Å². The third-order valence-corrected chi connectivity index (χ3v) is 6.45. The predicted molar refractivity (Wildman–Crippen MR) is 84.8 cm³/mol. The Labute approximate surface area is 124 Å². The number of hydrogen-bond acceptors (Lipinski definition) is 3. The van der Waals surface area contributed by atoms with Gasteiger partial charge in [0.15, 0.2) is 0 Å². The van der Waals surface area contributed by atoms with Gasteiger partial charge in [-0.3, -0.25) is 9.80 Å². The molecule has 2 aliphatic heterocycles. The van der Waals surface area contributed by atoms with E-state index in [2.05, 4.69) is 16.7 Å². The molecule has 3 unspecified atom stereocenters. The lowest BCUT2D eigenvalue weighted by Gasteiger charge is -2.51. The molecule has 1 saturated carbocycles. The Hall–Kier alpha value is -0.120. The van der Waals surface area contributed by atoms with E-state index >= 15 is 0 Å². The average Bonchev–Trinajstić information content (AvgIpc) is 2.84. The van der Waals surface area contributed by atoms with Crippen molar-refractivity contribution in [3.8, 4) is 0 Å². The largest absolute Gasteiger partial charge is 0.329 e. The topological polar surface area (TPSA) is 32.5 Å². The first-order valence-electron chi connectivity index (χ1n) is 8.99. The van der Waals surface area contributed by atoms with Gasteiger partial charge in [-0.15, -0.1) is 0 Å². The van der Waals surface area contributed by atoms with Gasteiger partial charge in [0.25, 0.3) is 0 Å². The minimum atomic E-state index is 0.325. The third kappa shape index (κ3) is 2.53. The first kappa shape index (κ1) is 14.8. The van der Waals surface area contributed by atoms with Gasteiger partial charge >= 0.3 is 0 Å². The van der Waals surface area contributed by atoms with Crippen molar-refractivity contribution in [3.05, 3.63) is 0 Å². The Bertz CT molecular complexity index is 319. The normalized spacial score (nSPS) is 40.5. The average molecular weight is 279 g/mol. The Kier molecular flexibility index (Phi) is 4.68. The fraction of sp³-hybridized carbons (Fsp3) is 1.00. The van der Waals surface area contributed by atoms with Gasteiger partial charge in [-0.2, -0.15) is 0 Å². The standard InChI is InChI=1S/C17H33N3/c1-2-15-7-3-4-9-17(15,14-18)20-12-6-11-19-10-5-8-16(19)13-20/h15-16H,2-14,18H2,1H3. The molecule has 0 aromatic rings. The maximum Gasteiger partial charge on any atom is 0.0360 e. The molecule has 0 radical (unpaired) electrons. The number of hydrogen-bond donors (Lipinski definition) is 1. The van der Waals surface area contributed by atoms with Gasteiger partial charge in [0, 0.05) is 31.2 Å². The van der Waals surface area contributed by atoms with Crippen LogP contribution < -0.4 is 5.73 Å².